The highest BCUT2D eigenvalue weighted by Gasteiger charge is 2.23. The lowest BCUT2D eigenvalue weighted by Crippen LogP contribution is -2.08. The molecule has 140 valence electrons. The number of anilines is 1. The first-order chi connectivity index (χ1) is 13.2. The van der Waals surface area contributed by atoms with E-state index in [0.717, 1.165) is 48.4 Å². The summed E-state index contributed by atoms with van der Waals surface area (Å²) in [6.45, 7) is 0.846. The average molecular weight is 367 g/mol. The molecule has 2 aromatic carbocycles. The number of nitrogens with zero attached hydrogens (tertiary/aromatic N) is 2. The molecule has 0 aliphatic carbocycles. The summed E-state index contributed by atoms with van der Waals surface area (Å²) in [6, 6.07) is 12.4. The molecule has 27 heavy (non-hydrogen) atoms. The third-order valence-corrected chi connectivity index (χ3v) is 4.87. The van der Waals surface area contributed by atoms with Crippen molar-refractivity contribution in [3.63, 3.8) is 0 Å². The van der Waals surface area contributed by atoms with Crippen LogP contribution in [0.1, 0.15) is 18.4 Å². The number of ether oxygens (including phenoxy) is 2. The van der Waals surface area contributed by atoms with Crippen LogP contribution < -0.4 is 14.8 Å². The number of fused-ring (bicyclic) bond motifs is 1. The molecule has 0 bridgehead atoms. The van der Waals surface area contributed by atoms with Gasteiger partial charge in [-0.15, -0.1) is 0 Å². The van der Waals surface area contributed by atoms with Gasteiger partial charge in [-0.25, -0.2) is 9.07 Å². The fraction of sp³-hybridized carbons (Fsp3) is 0.286. The van der Waals surface area contributed by atoms with Gasteiger partial charge in [-0.05, 0) is 49.6 Å². The van der Waals surface area contributed by atoms with Gasteiger partial charge in [0, 0.05) is 17.7 Å². The Morgan fingerprint density at radius 3 is 2.63 bits per heavy atom. The normalized spacial score (nSPS) is 13.4. The molecule has 5 nitrogen and oxygen atoms in total. The summed E-state index contributed by atoms with van der Waals surface area (Å²) in [4.78, 5) is 0. The van der Waals surface area contributed by atoms with Crippen LogP contribution in [0.5, 0.6) is 11.5 Å². The van der Waals surface area contributed by atoms with Gasteiger partial charge in [0.15, 0.2) is 11.5 Å². The van der Waals surface area contributed by atoms with Gasteiger partial charge < -0.3 is 14.8 Å². The lowest BCUT2D eigenvalue weighted by molar-refractivity contribution is 0.355. The summed E-state index contributed by atoms with van der Waals surface area (Å²) in [7, 11) is 3.22. The predicted octanol–water partition coefficient (Wildman–Crippen LogP) is 4.44. The van der Waals surface area contributed by atoms with E-state index in [9.17, 15) is 4.39 Å². The molecular formula is C21H22FN3O2. The van der Waals surface area contributed by atoms with Crippen molar-refractivity contribution in [2.75, 3.05) is 26.1 Å². The molecule has 0 unspecified atom stereocenters. The minimum Gasteiger partial charge on any atom is -0.493 e. The zero-order valence-electron chi connectivity index (χ0n) is 15.5. The van der Waals surface area contributed by atoms with Crippen molar-refractivity contribution in [3.8, 4) is 28.4 Å². The molecule has 0 saturated heterocycles. The largest absolute Gasteiger partial charge is 0.493 e. The fourth-order valence-corrected chi connectivity index (χ4v) is 3.52. The van der Waals surface area contributed by atoms with Gasteiger partial charge in [0.2, 0.25) is 0 Å². The number of hydrogen-bond acceptors (Lipinski definition) is 4. The predicted molar refractivity (Wildman–Crippen MR) is 103 cm³/mol. The molecule has 1 aliphatic rings. The average Bonchev–Trinajstić information content (AvgIpc) is 2.88. The van der Waals surface area contributed by atoms with Crippen molar-refractivity contribution < 1.29 is 13.9 Å². The summed E-state index contributed by atoms with van der Waals surface area (Å²) in [5.41, 5.74) is 3.30. The quantitative estimate of drug-likeness (QED) is 0.740. The van der Waals surface area contributed by atoms with Gasteiger partial charge in [0.05, 0.1) is 19.9 Å². The minimum atomic E-state index is -0.298. The summed E-state index contributed by atoms with van der Waals surface area (Å²) in [6.07, 6.45) is 3.01. The number of methoxy groups -OCH3 is 2. The van der Waals surface area contributed by atoms with Crippen molar-refractivity contribution >= 4 is 5.82 Å². The van der Waals surface area contributed by atoms with Crippen LogP contribution in [0.2, 0.25) is 0 Å². The van der Waals surface area contributed by atoms with Crippen LogP contribution in [-0.4, -0.2) is 30.5 Å². The number of benzene rings is 2. The zero-order valence-corrected chi connectivity index (χ0v) is 15.5. The fourth-order valence-electron chi connectivity index (χ4n) is 3.52. The highest BCUT2D eigenvalue weighted by atomic mass is 19.1. The van der Waals surface area contributed by atoms with Gasteiger partial charge >= 0.3 is 0 Å². The number of halogens is 1. The number of nitrogens with one attached hydrogen (secondary N) is 1. The van der Waals surface area contributed by atoms with E-state index in [-0.39, 0.29) is 5.82 Å². The number of aromatic nitrogens is 2. The zero-order chi connectivity index (χ0) is 18.8. The van der Waals surface area contributed by atoms with E-state index in [1.807, 2.05) is 24.3 Å². The Kier molecular flexibility index (Phi) is 4.71. The Morgan fingerprint density at radius 2 is 1.85 bits per heavy atom. The topological polar surface area (TPSA) is 48.3 Å². The van der Waals surface area contributed by atoms with Crippen LogP contribution in [-0.2, 0) is 6.42 Å². The van der Waals surface area contributed by atoms with Gasteiger partial charge in [-0.3, -0.25) is 0 Å². The van der Waals surface area contributed by atoms with Crippen LogP contribution in [0.3, 0.4) is 0 Å². The molecule has 3 aromatic rings. The first kappa shape index (κ1) is 17.4. The Bertz CT molecular complexity index is 968. The highest BCUT2D eigenvalue weighted by molar-refractivity contribution is 5.73. The van der Waals surface area contributed by atoms with Crippen molar-refractivity contribution in [2.45, 2.75) is 19.3 Å². The van der Waals surface area contributed by atoms with E-state index in [0.29, 0.717) is 17.2 Å². The first-order valence-corrected chi connectivity index (χ1v) is 9.06. The van der Waals surface area contributed by atoms with Crippen LogP contribution in [0, 0.1) is 5.82 Å². The number of rotatable bonds is 4. The molecule has 1 aromatic heterocycles. The van der Waals surface area contributed by atoms with E-state index in [2.05, 4.69) is 5.32 Å². The van der Waals surface area contributed by atoms with Gasteiger partial charge in [0.1, 0.15) is 17.3 Å². The number of hydrogen-bond donors (Lipinski definition) is 1. The summed E-state index contributed by atoms with van der Waals surface area (Å²) in [5.74, 6) is 1.87. The van der Waals surface area contributed by atoms with Crippen molar-refractivity contribution in [2.24, 2.45) is 0 Å². The standard InChI is InChI=1S/C21H22FN3O2/c1-26-18-11-10-14(13-19(18)27-2)20-15-7-5-6-12-23-21(15)25(24-20)17-9-4-3-8-16(17)22/h3-4,8-11,13,23H,5-7,12H2,1-2H3. The van der Waals surface area contributed by atoms with Crippen LogP contribution in [0.25, 0.3) is 16.9 Å². The smallest absolute Gasteiger partial charge is 0.161 e. The maximum atomic E-state index is 14.5. The first-order valence-electron chi connectivity index (χ1n) is 9.06. The molecule has 0 amide bonds. The van der Waals surface area contributed by atoms with Gasteiger partial charge in [0.25, 0.3) is 0 Å². The molecule has 0 radical (unpaired) electrons. The monoisotopic (exact) mass is 367 g/mol. The number of para-hydroxylation sites is 1. The Hall–Kier alpha value is -3.02. The molecule has 0 saturated carbocycles. The SMILES string of the molecule is COc1ccc(-c2nn(-c3ccccc3F)c3c2CCCCN3)cc1OC. The highest BCUT2D eigenvalue weighted by Crippen LogP contribution is 2.38. The second kappa shape index (κ2) is 7.31. The van der Waals surface area contributed by atoms with Gasteiger partial charge in [-0.2, -0.15) is 5.10 Å². The molecule has 0 atom stereocenters. The van der Waals surface area contributed by atoms with Gasteiger partial charge in [-0.1, -0.05) is 12.1 Å². The molecule has 6 heteroatoms. The summed E-state index contributed by atoms with van der Waals surface area (Å²) < 4.78 is 26.9. The second-order valence-electron chi connectivity index (χ2n) is 6.49. The molecular weight excluding hydrogens is 345 g/mol. The van der Waals surface area contributed by atoms with Crippen molar-refractivity contribution in [1.82, 2.24) is 9.78 Å². The van der Waals surface area contributed by atoms with E-state index >= 15 is 0 Å². The maximum absolute atomic E-state index is 14.5. The molecule has 2 heterocycles. The van der Waals surface area contributed by atoms with Crippen LogP contribution in [0.15, 0.2) is 42.5 Å². The van der Waals surface area contributed by atoms with Crippen LogP contribution in [0.4, 0.5) is 10.2 Å². The molecule has 0 fully saturated rings. The van der Waals surface area contributed by atoms with Crippen molar-refractivity contribution in [3.05, 3.63) is 53.8 Å². The lowest BCUT2D eigenvalue weighted by atomic mass is 10.0. The Labute approximate surface area is 157 Å². The van der Waals surface area contributed by atoms with E-state index < -0.39 is 0 Å². The maximum Gasteiger partial charge on any atom is 0.161 e. The molecule has 4 rings (SSSR count). The molecule has 0 spiro atoms. The molecule has 1 N–H and O–H groups in total. The Morgan fingerprint density at radius 1 is 1.04 bits per heavy atom. The third kappa shape index (κ3) is 3.12. The van der Waals surface area contributed by atoms with E-state index in [4.69, 9.17) is 14.6 Å². The van der Waals surface area contributed by atoms with E-state index in [1.54, 1.807) is 31.0 Å². The summed E-state index contributed by atoms with van der Waals surface area (Å²) in [5, 5.41) is 8.22. The lowest BCUT2D eigenvalue weighted by Gasteiger charge is -2.09. The third-order valence-electron chi connectivity index (χ3n) is 4.87. The summed E-state index contributed by atoms with van der Waals surface area (Å²) >= 11 is 0. The van der Waals surface area contributed by atoms with E-state index in [1.165, 1.54) is 6.07 Å². The van der Waals surface area contributed by atoms with Crippen molar-refractivity contribution in [1.29, 1.82) is 0 Å². The molecule has 1 aliphatic heterocycles. The Balaban J connectivity index is 1.90. The van der Waals surface area contributed by atoms with Crippen LogP contribution >= 0.6 is 0 Å². The minimum absolute atomic E-state index is 0.298. The second-order valence-corrected chi connectivity index (χ2v) is 6.49.